The SMILES string of the molecule is Cc1cccc(N(C)S(=O)(=O)c2ccc(F)cc2)c1C. The summed E-state index contributed by atoms with van der Waals surface area (Å²) >= 11 is 0. The van der Waals surface area contributed by atoms with Crippen LogP contribution in [0.2, 0.25) is 0 Å². The lowest BCUT2D eigenvalue weighted by Gasteiger charge is -2.22. The molecule has 0 aliphatic heterocycles. The van der Waals surface area contributed by atoms with E-state index in [-0.39, 0.29) is 4.90 Å². The predicted octanol–water partition coefficient (Wildman–Crippen LogP) is 3.27. The van der Waals surface area contributed by atoms with Gasteiger partial charge in [-0.25, -0.2) is 12.8 Å². The van der Waals surface area contributed by atoms with Gasteiger partial charge in [-0.15, -0.1) is 0 Å². The molecular weight excluding hydrogens is 277 g/mol. The molecule has 106 valence electrons. The molecule has 0 saturated heterocycles. The zero-order valence-corrected chi connectivity index (χ0v) is 12.4. The smallest absolute Gasteiger partial charge is 0.264 e. The Morgan fingerprint density at radius 2 is 1.60 bits per heavy atom. The molecule has 0 N–H and O–H groups in total. The second kappa shape index (κ2) is 5.25. The van der Waals surface area contributed by atoms with Gasteiger partial charge >= 0.3 is 0 Å². The van der Waals surface area contributed by atoms with E-state index in [1.165, 1.54) is 23.5 Å². The summed E-state index contributed by atoms with van der Waals surface area (Å²) in [6, 6.07) is 10.3. The van der Waals surface area contributed by atoms with Crippen LogP contribution in [-0.2, 0) is 10.0 Å². The molecule has 0 radical (unpaired) electrons. The number of anilines is 1. The molecule has 0 saturated carbocycles. The van der Waals surface area contributed by atoms with Gasteiger partial charge in [0.2, 0.25) is 0 Å². The van der Waals surface area contributed by atoms with Crippen molar-refractivity contribution >= 4 is 15.7 Å². The molecule has 0 aliphatic carbocycles. The number of sulfonamides is 1. The Kier molecular flexibility index (Phi) is 3.81. The van der Waals surface area contributed by atoms with Crippen LogP contribution < -0.4 is 4.31 Å². The van der Waals surface area contributed by atoms with Crippen LogP contribution in [0.5, 0.6) is 0 Å². The average Bonchev–Trinajstić information content (AvgIpc) is 2.41. The number of nitrogens with zero attached hydrogens (tertiary/aromatic N) is 1. The van der Waals surface area contributed by atoms with Crippen molar-refractivity contribution in [2.75, 3.05) is 11.4 Å². The summed E-state index contributed by atoms with van der Waals surface area (Å²) in [6.45, 7) is 3.80. The summed E-state index contributed by atoms with van der Waals surface area (Å²) in [6.07, 6.45) is 0. The third-order valence-corrected chi connectivity index (χ3v) is 5.17. The monoisotopic (exact) mass is 293 g/mol. The highest BCUT2D eigenvalue weighted by molar-refractivity contribution is 7.92. The van der Waals surface area contributed by atoms with Gasteiger partial charge in [0, 0.05) is 7.05 Å². The van der Waals surface area contributed by atoms with Crippen molar-refractivity contribution in [1.29, 1.82) is 0 Å². The molecule has 5 heteroatoms. The van der Waals surface area contributed by atoms with Crippen molar-refractivity contribution in [3.8, 4) is 0 Å². The normalized spacial score (nSPS) is 11.4. The zero-order valence-electron chi connectivity index (χ0n) is 11.6. The third-order valence-electron chi connectivity index (χ3n) is 3.39. The molecule has 20 heavy (non-hydrogen) atoms. The summed E-state index contributed by atoms with van der Waals surface area (Å²) in [4.78, 5) is 0.0716. The molecule has 0 bridgehead atoms. The van der Waals surface area contributed by atoms with Crippen molar-refractivity contribution < 1.29 is 12.8 Å². The van der Waals surface area contributed by atoms with Gasteiger partial charge in [0.1, 0.15) is 5.82 Å². The number of hydrogen-bond donors (Lipinski definition) is 0. The molecule has 0 spiro atoms. The Hall–Kier alpha value is -1.88. The molecule has 2 aromatic carbocycles. The first-order chi connectivity index (χ1) is 9.34. The molecule has 0 aromatic heterocycles. The van der Waals surface area contributed by atoms with Crippen molar-refractivity contribution in [2.45, 2.75) is 18.7 Å². The van der Waals surface area contributed by atoms with Crippen LogP contribution in [0.3, 0.4) is 0 Å². The van der Waals surface area contributed by atoms with Crippen molar-refractivity contribution in [3.05, 3.63) is 59.4 Å². The maximum absolute atomic E-state index is 12.9. The van der Waals surface area contributed by atoms with Gasteiger partial charge in [0.05, 0.1) is 10.6 Å². The summed E-state index contributed by atoms with van der Waals surface area (Å²) in [5, 5.41) is 0. The second-order valence-electron chi connectivity index (χ2n) is 4.65. The van der Waals surface area contributed by atoms with Gasteiger partial charge in [-0.05, 0) is 55.3 Å². The summed E-state index contributed by atoms with van der Waals surface area (Å²) in [5.41, 5.74) is 2.54. The number of benzene rings is 2. The third kappa shape index (κ3) is 2.54. The van der Waals surface area contributed by atoms with Gasteiger partial charge in [-0.2, -0.15) is 0 Å². The van der Waals surface area contributed by atoms with E-state index in [9.17, 15) is 12.8 Å². The second-order valence-corrected chi connectivity index (χ2v) is 6.61. The van der Waals surface area contributed by atoms with E-state index >= 15 is 0 Å². The fraction of sp³-hybridized carbons (Fsp3) is 0.200. The van der Waals surface area contributed by atoms with Gasteiger partial charge in [-0.3, -0.25) is 4.31 Å². The van der Waals surface area contributed by atoms with Crippen molar-refractivity contribution in [3.63, 3.8) is 0 Å². The van der Waals surface area contributed by atoms with Crippen molar-refractivity contribution in [1.82, 2.24) is 0 Å². The maximum atomic E-state index is 12.9. The Morgan fingerprint density at radius 1 is 1.00 bits per heavy atom. The highest BCUT2D eigenvalue weighted by Crippen LogP contribution is 2.27. The quantitative estimate of drug-likeness (QED) is 0.871. The highest BCUT2D eigenvalue weighted by Gasteiger charge is 2.22. The van der Waals surface area contributed by atoms with Crippen LogP contribution in [-0.4, -0.2) is 15.5 Å². The lowest BCUT2D eigenvalue weighted by Crippen LogP contribution is -2.27. The van der Waals surface area contributed by atoms with Gasteiger partial charge in [0.15, 0.2) is 0 Å². The average molecular weight is 293 g/mol. The molecule has 0 atom stereocenters. The van der Waals surface area contributed by atoms with Crippen molar-refractivity contribution in [2.24, 2.45) is 0 Å². The molecule has 0 fully saturated rings. The van der Waals surface area contributed by atoms with Crippen LogP contribution >= 0.6 is 0 Å². The largest absolute Gasteiger partial charge is 0.269 e. The summed E-state index contributed by atoms with van der Waals surface area (Å²) in [5.74, 6) is -0.460. The minimum absolute atomic E-state index is 0.0716. The Labute approximate surface area is 118 Å². The maximum Gasteiger partial charge on any atom is 0.264 e. The molecule has 0 aliphatic rings. The van der Waals surface area contributed by atoms with Crippen LogP contribution in [0.15, 0.2) is 47.4 Å². The van der Waals surface area contributed by atoms with Gasteiger partial charge < -0.3 is 0 Å². The minimum Gasteiger partial charge on any atom is -0.269 e. The van der Waals surface area contributed by atoms with Crippen LogP contribution in [0.1, 0.15) is 11.1 Å². The molecule has 3 nitrogen and oxygen atoms in total. The van der Waals surface area contributed by atoms with E-state index in [4.69, 9.17) is 0 Å². The fourth-order valence-corrected chi connectivity index (χ4v) is 3.22. The zero-order chi connectivity index (χ0) is 14.9. The first kappa shape index (κ1) is 14.5. The van der Waals surface area contributed by atoms with Gasteiger partial charge in [-0.1, -0.05) is 12.1 Å². The molecule has 0 unspecified atom stereocenters. The summed E-state index contributed by atoms with van der Waals surface area (Å²) in [7, 11) is -2.18. The minimum atomic E-state index is -3.68. The van der Waals surface area contributed by atoms with E-state index in [0.717, 1.165) is 23.3 Å². The molecule has 0 amide bonds. The molecule has 0 heterocycles. The molecule has 2 aromatic rings. The van der Waals surface area contributed by atoms with Crippen LogP contribution in [0.4, 0.5) is 10.1 Å². The van der Waals surface area contributed by atoms with Crippen LogP contribution in [0.25, 0.3) is 0 Å². The van der Waals surface area contributed by atoms with E-state index in [2.05, 4.69) is 0 Å². The number of halogens is 1. The fourth-order valence-electron chi connectivity index (χ4n) is 1.97. The Balaban J connectivity index is 2.49. The van der Waals surface area contributed by atoms with Gasteiger partial charge in [0.25, 0.3) is 10.0 Å². The lowest BCUT2D eigenvalue weighted by molar-refractivity contribution is 0.593. The first-order valence-electron chi connectivity index (χ1n) is 6.15. The lowest BCUT2D eigenvalue weighted by atomic mass is 10.1. The first-order valence-corrected chi connectivity index (χ1v) is 7.59. The molecule has 2 rings (SSSR count). The standard InChI is InChI=1S/C15H16FNO2S/c1-11-5-4-6-15(12(11)2)17(3)20(18,19)14-9-7-13(16)8-10-14/h4-10H,1-3H3. The Bertz CT molecular complexity index is 724. The van der Waals surface area contributed by atoms with Crippen LogP contribution in [0, 0.1) is 19.7 Å². The van der Waals surface area contributed by atoms with E-state index in [0.29, 0.717) is 5.69 Å². The topological polar surface area (TPSA) is 37.4 Å². The number of hydrogen-bond acceptors (Lipinski definition) is 2. The highest BCUT2D eigenvalue weighted by atomic mass is 32.2. The number of aryl methyl sites for hydroxylation is 1. The van der Waals surface area contributed by atoms with E-state index < -0.39 is 15.8 Å². The predicted molar refractivity (Wildman–Crippen MR) is 77.9 cm³/mol. The molecular formula is C15H16FNO2S. The summed E-state index contributed by atoms with van der Waals surface area (Å²) < 4.78 is 39.2. The number of rotatable bonds is 3. The van der Waals surface area contributed by atoms with E-state index in [1.807, 2.05) is 26.0 Å². The van der Waals surface area contributed by atoms with E-state index in [1.54, 1.807) is 6.07 Å². The Morgan fingerprint density at radius 3 is 2.20 bits per heavy atom.